The lowest BCUT2D eigenvalue weighted by Crippen LogP contribution is -2.65. The van der Waals surface area contributed by atoms with Gasteiger partial charge in [0.2, 0.25) is 5.91 Å². The van der Waals surface area contributed by atoms with Crippen LogP contribution in [0.4, 0.5) is 0 Å². The molecule has 4 fully saturated rings. The Morgan fingerprint density at radius 3 is 2.13 bits per heavy atom. The molecule has 2 N–H and O–H groups in total. The van der Waals surface area contributed by atoms with Crippen LogP contribution >= 0.6 is 23.2 Å². The van der Waals surface area contributed by atoms with Crippen molar-refractivity contribution in [2.45, 2.75) is 49.1 Å². The third kappa shape index (κ3) is 4.26. The van der Waals surface area contributed by atoms with Gasteiger partial charge >= 0.3 is 0 Å². The molecule has 6 rings (SSSR count). The fourth-order valence-electron chi connectivity index (χ4n) is 5.31. The molecule has 0 aromatic heterocycles. The zero-order chi connectivity index (χ0) is 21.6. The first-order chi connectivity index (χ1) is 14.9. The van der Waals surface area contributed by atoms with E-state index in [0.717, 1.165) is 32.1 Å². The number of amides is 2. The molecule has 0 aliphatic heterocycles. The summed E-state index contributed by atoms with van der Waals surface area (Å²) >= 11 is 11.8. The highest BCUT2D eigenvalue weighted by Gasteiger charge is 2.62. The maximum atomic E-state index is 12.8. The van der Waals surface area contributed by atoms with Gasteiger partial charge in [0.05, 0.1) is 0 Å². The molecule has 2 aromatic rings. The van der Waals surface area contributed by atoms with Gasteiger partial charge in [-0.05, 0) is 80.0 Å². The minimum absolute atomic E-state index is 0.0341. The molecule has 162 valence electrons. The second kappa shape index (κ2) is 7.72. The number of rotatable bonds is 7. The standard InChI is InChI=1S/C24H24Cl2N2O3/c25-16-3-1-15(2-4-16)19-11-20(19)22(30)28-24-10-9-23(13-24,14-24)27-21(29)12-31-18-7-5-17(26)6-8-18/h1-8,19-20H,9-14H2,(H,27,29)(H,28,30). The van der Waals surface area contributed by atoms with E-state index < -0.39 is 0 Å². The van der Waals surface area contributed by atoms with Gasteiger partial charge in [-0.1, -0.05) is 35.3 Å². The van der Waals surface area contributed by atoms with E-state index in [-0.39, 0.29) is 41.3 Å². The quantitative estimate of drug-likeness (QED) is 0.642. The van der Waals surface area contributed by atoms with E-state index >= 15 is 0 Å². The third-order valence-electron chi connectivity index (χ3n) is 6.84. The summed E-state index contributed by atoms with van der Waals surface area (Å²) in [6, 6.07) is 14.7. The lowest BCUT2D eigenvalue weighted by molar-refractivity contribution is -0.127. The number of carbonyl (C=O) groups excluding carboxylic acids is 2. The molecule has 2 aromatic carbocycles. The van der Waals surface area contributed by atoms with Crippen LogP contribution in [0.3, 0.4) is 0 Å². The second-order valence-corrected chi connectivity index (χ2v) is 10.1. The van der Waals surface area contributed by atoms with Gasteiger partial charge in [0.25, 0.3) is 5.91 Å². The van der Waals surface area contributed by atoms with Crippen LogP contribution in [-0.2, 0) is 9.59 Å². The zero-order valence-corrected chi connectivity index (χ0v) is 18.5. The van der Waals surface area contributed by atoms with Crippen molar-refractivity contribution in [3.05, 3.63) is 64.1 Å². The van der Waals surface area contributed by atoms with E-state index in [0.29, 0.717) is 15.8 Å². The second-order valence-electron chi connectivity index (χ2n) is 9.19. The van der Waals surface area contributed by atoms with Crippen molar-refractivity contribution < 1.29 is 14.3 Å². The first-order valence-electron chi connectivity index (χ1n) is 10.6. The molecule has 0 saturated heterocycles. The van der Waals surface area contributed by atoms with Crippen LogP contribution in [0.1, 0.15) is 43.6 Å². The lowest BCUT2D eigenvalue weighted by Gasteiger charge is -2.48. The fraction of sp³-hybridized carbons (Fsp3) is 0.417. The molecule has 2 unspecified atom stereocenters. The Bertz CT molecular complexity index is 1000. The Hall–Kier alpha value is -2.24. The molecule has 5 nitrogen and oxygen atoms in total. The van der Waals surface area contributed by atoms with Crippen molar-refractivity contribution in [2.75, 3.05) is 6.61 Å². The highest BCUT2D eigenvalue weighted by Crippen LogP contribution is 2.56. The molecule has 2 bridgehead atoms. The normalized spacial score (nSPS) is 30.3. The predicted molar refractivity (Wildman–Crippen MR) is 119 cm³/mol. The first-order valence-corrected chi connectivity index (χ1v) is 11.4. The molecule has 2 atom stereocenters. The van der Waals surface area contributed by atoms with Crippen LogP contribution in [0.25, 0.3) is 0 Å². The maximum Gasteiger partial charge on any atom is 0.258 e. The molecule has 4 aliphatic rings. The first kappa shape index (κ1) is 20.7. The summed E-state index contributed by atoms with van der Waals surface area (Å²) in [6.45, 7) is -0.0341. The van der Waals surface area contributed by atoms with Gasteiger partial charge in [-0.15, -0.1) is 0 Å². The van der Waals surface area contributed by atoms with Crippen molar-refractivity contribution >= 4 is 35.0 Å². The molecule has 0 radical (unpaired) electrons. The number of ether oxygens (including phenoxy) is 1. The lowest BCUT2D eigenvalue weighted by atomic mass is 9.71. The van der Waals surface area contributed by atoms with Crippen molar-refractivity contribution in [3.63, 3.8) is 0 Å². The van der Waals surface area contributed by atoms with Gasteiger partial charge in [0.1, 0.15) is 5.75 Å². The van der Waals surface area contributed by atoms with Gasteiger partial charge in [0.15, 0.2) is 6.61 Å². The van der Waals surface area contributed by atoms with Crippen molar-refractivity contribution in [1.82, 2.24) is 10.6 Å². The van der Waals surface area contributed by atoms with E-state index in [4.69, 9.17) is 27.9 Å². The summed E-state index contributed by atoms with van der Waals surface area (Å²) in [5, 5.41) is 7.76. The van der Waals surface area contributed by atoms with Crippen LogP contribution in [0.5, 0.6) is 5.75 Å². The average Bonchev–Trinajstić information content (AvgIpc) is 3.36. The molecular weight excluding hydrogens is 435 g/mol. The Balaban J connectivity index is 1.09. The number of halogens is 2. The van der Waals surface area contributed by atoms with Crippen LogP contribution in [-0.4, -0.2) is 29.5 Å². The van der Waals surface area contributed by atoms with E-state index in [1.54, 1.807) is 24.3 Å². The molecule has 2 amide bonds. The summed E-state index contributed by atoms with van der Waals surface area (Å²) in [4.78, 5) is 25.2. The minimum atomic E-state index is -0.215. The van der Waals surface area contributed by atoms with E-state index in [2.05, 4.69) is 10.6 Å². The molecule has 0 spiro atoms. The summed E-state index contributed by atoms with van der Waals surface area (Å²) in [5.41, 5.74) is 0.783. The molecule has 31 heavy (non-hydrogen) atoms. The molecular formula is C24H24Cl2N2O3. The van der Waals surface area contributed by atoms with Crippen molar-refractivity contribution in [3.8, 4) is 5.75 Å². The van der Waals surface area contributed by atoms with Gasteiger partial charge in [0, 0.05) is 27.0 Å². The number of hydrogen-bond acceptors (Lipinski definition) is 3. The largest absolute Gasteiger partial charge is 0.484 e. The minimum Gasteiger partial charge on any atom is -0.484 e. The van der Waals surface area contributed by atoms with E-state index in [1.807, 2.05) is 24.3 Å². The number of hydrogen-bond donors (Lipinski definition) is 2. The highest BCUT2D eigenvalue weighted by molar-refractivity contribution is 6.30. The highest BCUT2D eigenvalue weighted by atomic mass is 35.5. The third-order valence-corrected chi connectivity index (χ3v) is 7.34. The SMILES string of the molecule is O=C(COc1ccc(Cl)cc1)NC12CCC(NC(=O)C3CC3c3ccc(Cl)cc3)(C1)C2. The van der Waals surface area contributed by atoms with Crippen LogP contribution in [0.15, 0.2) is 48.5 Å². The van der Waals surface area contributed by atoms with Crippen molar-refractivity contribution in [2.24, 2.45) is 5.92 Å². The van der Waals surface area contributed by atoms with Gasteiger partial charge in [-0.2, -0.15) is 0 Å². The number of carbonyl (C=O) groups is 2. The Labute approximate surface area is 191 Å². The summed E-state index contributed by atoms with van der Waals surface area (Å²) in [6.07, 6.45) is 4.24. The van der Waals surface area contributed by atoms with Crippen LogP contribution < -0.4 is 15.4 Å². The Kier molecular flexibility index (Phi) is 5.14. The monoisotopic (exact) mass is 458 g/mol. The fourth-order valence-corrected chi connectivity index (χ4v) is 5.56. The van der Waals surface area contributed by atoms with E-state index in [1.165, 1.54) is 5.56 Å². The van der Waals surface area contributed by atoms with Crippen LogP contribution in [0, 0.1) is 5.92 Å². The van der Waals surface area contributed by atoms with E-state index in [9.17, 15) is 9.59 Å². The maximum absolute atomic E-state index is 12.8. The topological polar surface area (TPSA) is 67.4 Å². The summed E-state index contributed by atoms with van der Waals surface area (Å²) in [7, 11) is 0. The molecule has 4 aliphatic carbocycles. The smallest absolute Gasteiger partial charge is 0.258 e. The molecule has 4 saturated carbocycles. The number of nitrogens with one attached hydrogen (secondary N) is 2. The Morgan fingerprint density at radius 2 is 1.48 bits per heavy atom. The van der Waals surface area contributed by atoms with Gasteiger partial charge < -0.3 is 15.4 Å². The predicted octanol–water partition coefficient (Wildman–Crippen LogP) is 4.47. The summed E-state index contributed by atoms with van der Waals surface area (Å²) < 4.78 is 5.54. The number of benzene rings is 2. The zero-order valence-electron chi connectivity index (χ0n) is 17.0. The van der Waals surface area contributed by atoms with Crippen LogP contribution in [0.2, 0.25) is 10.0 Å². The van der Waals surface area contributed by atoms with Gasteiger partial charge in [-0.3, -0.25) is 9.59 Å². The molecule has 0 heterocycles. The Morgan fingerprint density at radius 1 is 0.903 bits per heavy atom. The average molecular weight is 459 g/mol. The van der Waals surface area contributed by atoms with Crippen molar-refractivity contribution in [1.29, 1.82) is 0 Å². The number of fused-ring (bicyclic) bond motifs is 1. The summed E-state index contributed by atoms with van der Waals surface area (Å²) in [5.74, 6) is 0.922. The molecule has 7 heteroatoms. The van der Waals surface area contributed by atoms with Gasteiger partial charge in [-0.25, -0.2) is 0 Å².